The monoisotopic (exact) mass is 511 g/mol. The molecule has 1 fully saturated rings. The van der Waals surface area contributed by atoms with Gasteiger partial charge in [0.15, 0.2) is 5.78 Å². The second-order valence-electron chi connectivity index (χ2n) is 10.4. The van der Waals surface area contributed by atoms with Gasteiger partial charge in [-0.2, -0.15) is 0 Å². The van der Waals surface area contributed by atoms with Gasteiger partial charge in [-0.1, -0.05) is 97.4 Å². The molecule has 0 N–H and O–H groups in total. The number of Topliss-reactive ketones (excluding diaryl/α,β-unsaturated/α-hetero) is 1. The number of ether oxygens (including phenoxy) is 1. The minimum Gasteiger partial charge on any atom is -0.490 e. The Morgan fingerprint density at radius 3 is 2.08 bits per heavy atom. The number of carbonyl (C=O) groups is 1. The molecule has 0 bridgehead atoms. The lowest BCUT2D eigenvalue weighted by molar-refractivity contribution is 0.0985. The van der Waals surface area contributed by atoms with Crippen molar-refractivity contribution in [3.8, 4) is 28.1 Å². The van der Waals surface area contributed by atoms with E-state index in [0.717, 1.165) is 63.0 Å². The van der Waals surface area contributed by atoms with Gasteiger partial charge in [-0.3, -0.25) is 4.79 Å². The molecule has 3 heteroatoms. The average molecular weight is 512 g/mol. The van der Waals surface area contributed by atoms with Crippen LogP contribution in [0.3, 0.4) is 0 Å². The van der Waals surface area contributed by atoms with Crippen molar-refractivity contribution in [3.63, 3.8) is 0 Å². The molecular formula is C36H33NO2. The van der Waals surface area contributed by atoms with Gasteiger partial charge in [-0.15, -0.1) is 0 Å². The molecule has 0 atom stereocenters. The van der Waals surface area contributed by atoms with Crippen LogP contribution in [0.1, 0.15) is 54.4 Å². The molecule has 3 nitrogen and oxygen atoms in total. The highest BCUT2D eigenvalue weighted by molar-refractivity contribution is 6.15. The molecule has 0 aliphatic heterocycles. The first-order chi connectivity index (χ1) is 19.3. The van der Waals surface area contributed by atoms with Gasteiger partial charge in [-0.25, -0.2) is 4.98 Å². The summed E-state index contributed by atoms with van der Waals surface area (Å²) in [6.45, 7) is 0. The Bertz CT molecular complexity index is 1560. The van der Waals surface area contributed by atoms with Gasteiger partial charge in [0.05, 0.1) is 17.3 Å². The third-order valence-corrected chi connectivity index (χ3v) is 7.68. The first kappa shape index (κ1) is 25.1. The molecule has 6 rings (SSSR count). The van der Waals surface area contributed by atoms with Gasteiger partial charge >= 0.3 is 0 Å². The maximum atomic E-state index is 14.2. The van der Waals surface area contributed by atoms with Gasteiger partial charge in [-0.05, 0) is 55.4 Å². The van der Waals surface area contributed by atoms with Crippen LogP contribution in [0, 0.1) is 0 Å². The molecule has 0 saturated heterocycles. The lowest BCUT2D eigenvalue weighted by atomic mass is 9.88. The third kappa shape index (κ3) is 5.63. The van der Waals surface area contributed by atoms with E-state index in [0.29, 0.717) is 12.8 Å². The van der Waals surface area contributed by atoms with Gasteiger partial charge in [0, 0.05) is 34.6 Å². The summed E-state index contributed by atoms with van der Waals surface area (Å²) in [6, 6.07) is 36.7. The number of pyridine rings is 1. The normalized spacial score (nSPS) is 13.8. The minimum absolute atomic E-state index is 0.128. The summed E-state index contributed by atoms with van der Waals surface area (Å²) in [6.07, 6.45) is 7.29. The van der Waals surface area contributed by atoms with Crippen LogP contribution < -0.4 is 4.74 Å². The number of hydrogen-bond acceptors (Lipinski definition) is 3. The van der Waals surface area contributed by atoms with Crippen molar-refractivity contribution in [1.29, 1.82) is 0 Å². The first-order valence-corrected chi connectivity index (χ1v) is 14.1. The second kappa shape index (κ2) is 11.7. The van der Waals surface area contributed by atoms with Gasteiger partial charge in [0.1, 0.15) is 5.75 Å². The molecule has 1 aromatic heterocycles. The summed E-state index contributed by atoms with van der Waals surface area (Å²) >= 11 is 0. The summed E-state index contributed by atoms with van der Waals surface area (Å²) in [5, 5.41) is 0.877. The second-order valence-corrected chi connectivity index (χ2v) is 10.4. The molecule has 1 heterocycles. The van der Waals surface area contributed by atoms with Crippen molar-refractivity contribution >= 4 is 16.7 Å². The highest BCUT2D eigenvalue weighted by Crippen LogP contribution is 2.39. The van der Waals surface area contributed by atoms with E-state index in [2.05, 4.69) is 36.4 Å². The Morgan fingerprint density at radius 2 is 1.38 bits per heavy atom. The number of aryl methyl sites for hydroxylation is 1. The van der Waals surface area contributed by atoms with E-state index in [1.165, 1.54) is 19.3 Å². The molecule has 5 aromatic rings. The fourth-order valence-electron chi connectivity index (χ4n) is 5.70. The summed E-state index contributed by atoms with van der Waals surface area (Å²) in [5.41, 5.74) is 6.41. The largest absolute Gasteiger partial charge is 0.490 e. The molecule has 1 aliphatic carbocycles. The van der Waals surface area contributed by atoms with E-state index in [-0.39, 0.29) is 11.9 Å². The Hall–Kier alpha value is -4.24. The van der Waals surface area contributed by atoms with E-state index in [9.17, 15) is 4.79 Å². The lowest BCUT2D eigenvalue weighted by Gasteiger charge is -2.23. The molecule has 1 aliphatic rings. The van der Waals surface area contributed by atoms with E-state index < -0.39 is 0 Å². The zero-order valence-corrected chi connectivity index (χ0v) is 22.2. The van der Waals surface area contributed by atoms with Crippen LogP contribution in [-0.4, -0.2) is 16.9 Å². The SMILES string of the molecule is O=C(CCc1ccccc1)c1c(-c2ccccc2)c(-c2ccccc2)nc2cc(OC3CCCCC3)ccc12. The Morgan fingerprint density at radius 1 is 0.744 bits per heavy atom. The molecule has 194 valence electrons. The van der Waals surface area contributed by atoms with E-state index in [1.54, 1.807) is 0 Å². The van der Waals surface area contributed by atoms with Crippen LogP contribution in [0.15, 0.2) is 109 Å². The van der Waals surface area contributed by atoms with Crippen LogP contribution >= 0.6 is 0 Å². The van der Waals surface area contributed by atoms with E-state index in [4.69, 9.17) is 9.72 Å². The molecule has 39 heavy (non-hydrogen) atoms. The highest BCUT2D eigenvalue weighted by Gasteiger charge is 2.24. The molecule has 0 amide bonds. The Kier molecular flexibility index (Phi) is 7.49. The number of fused-ring (bicyclic) bond motifs is 1. The predicted molar refractivity (Wildman–Crippen MR) is 159 cm³/mol. The van der Waals surface area contributed by atoms with Crippen molar-refractivity contribution in [1.82, 2.24) is 4.98 Å². The fourth-order valence-corrected chi connectivity index (χ4v) is 5.70. The quantitative estimate of drug-likeness (QED) is 0.195. The number of benzene rings is 4. The molecule has 4 aromatic carbocycles. The summed E-state index contributed by atoms with van der Waals surface area (Å²) in [7, 11) is 0. The number of hydrogen-bond donors (Lipinski definition) is 0. The number of carbonyl (C=O) groups excluding carboxylic acids is 1. The topological polar surface area (TPSA) is 39.2 Å². The van der Waals surface area contributed by atoms with Crippen molar-refractivity contribution in [3.05, 3.63) is 120 Å². The first-order valence-electron chi connectivity index (χ1n) is 14.1. The Labute approximate surface area is 230 Å². The summed E-state index contributed by atoms with van der Waals surface area (Å²) < 4.78 is 6.40. The van der Waals surface area contributed by atoms with Crippen LogP contribution in [-0.2, 0) is 6.42 Å². The standard InChI is InChI=1S/C36H33NO2/c38-33(24-21-26-13-5-1-6-14-26)35-31-23-22-30(39-29-19-11-4-12-20-29)25-32(31)37-36(28-17-9-3-10-18-28)34(35)27-15-7-2-8-16-27/h1-3,5-10,13-18,22-23,25,29H,4,11-12,19-21,24H2. The van der Waals surface area contributed by atoms with Crippen LogP contribution in [0.4, 0.5) is 0 Å². The maximum absolute atomic E-state index is 14.2. The van der Waals surface area contributed by atoms with Gasteiger partial charge < -0.3 is 4.74 Å². The van der Waals surface area contributed by atoms with Crippen molar-refractivity contribution in [2.24, 2.45) is 0 Å². The maximum Gasteiger partial charge on any atom is 0.164 e. The van der Waals surface area contributed by atoms with E-state index in [1.807, 2.05) is 72.8 Å². The summed E-state index contributed by atoms with van der Waals surface area (Å²) in [4.78, 5) is 19.4. The molecule has 0 unspecified atom stereocenters. The third-order valence-electron chi connectivity index (χ3n) is 7.68. The van der Waals surface area contributed by atoms with Crippen molar-refractivity contribution < 1.29 is 9.53 Å². The number of nitrogens with zero attached hydrogens (tertiary/aromatic N) is 1. The predicted octanol–water partition coefficient (Wildman–Crippen LogP) is 9.10. The van der Waals surface area contributed by atoms with Gasteiger partial charge in [0.25, 0.3) is 0 Å². The van der Waals surface area contributed by atoms with Crippen molar-refractivity contribution in [2.45, 2.75) is 51.0 Å². The minimum atomic E-state index is 0.128. The van der Waals surface area contributed by atoms with Gasteiger partial charge in [0.2, 0.25) is 0 Å². The smallest absolute Gasteiger partial charge is 0.164 e. The van der Waals surface area contributed by atoms with Crippen LogP contribution in [0.25, 0.3) is 33.3 Å². The number of rotatable bonds is 8. The highest BCUT2D eigenvalue weighted by atomic mass is 16.5. The lowest BCUT2D eigenvalue weighted by Crippen LogP contribution is -2.19. The molecule has 1 saturated carbocycles. The average Bonchev–Trinajstić information content (AvgIpc) is 3.01. The molecule has 0 radical (unpaired) electrons. The summed E-state index contributed by atoms with van der Waals surface area (Å²) in [5.74, 6) is 0.958. The Balaban J connectivity index is 1.51. The zero-order chi connectivity index (χ0) is 26.4. The number of ketones is 1. The number of aromatic nitrogens is 1. The molecule has 0 spiro atoms. The van der Waals surface area contributed by atoms with Crippen LogP contribution in [0.5, 0.6) is 5.75 Å². The van der Waals surface area contributed by atoms with Crippen LogP contribution in [0.2, 0.25) is 0 Å². The van der Waals surface area contributed by atoms with Crippen molar-refractivity contribution in [2.75, 3.05) is 0 Å². The molecular weight excluding hydrogens is 478 g/mol. The van der Waals surface area contributed by atoms with E-state index >= 15 is 0 Å². The fraction of sp³-hybridized carbons (Fsp3) is 0.222. The zero-order valence-electron chi connectivity index (χ0n) is 22.2.